The molecule has 1 aromatic heterocycles. The Kier molecular flexibility index (Phi) is 5.56. The lowest BCUT2D eigenvalue weighted by molar-refractivity contribution is -0.918. The molecule has 120 valence electrons. The average molecular weight is 327 g/mol. The quantitative estimate of drug-likeness (QED) is 0.747. The number of anilines is 1. The van der Waals surface area contributed by atoms with Crippen LogP contribution in [-0.4, -0.2) is 29.2 Å². The van der Waals surface area contributed by atoms with E-state index < -0.39 is 0 Å². The van der Waals surface area contributed by atoms with Gasteiger partial charge in [0.05, 0.1) is 25.0 Å². The molecule has 1 saturated heterocycles. The van der Waals surface area contributed by atoms with Crippen LogP contribution in [0, 0.1) is 0 Å². The summed E-state index contributed by atoms with van der Waals surface area (Å²) in [6.07, 6.45) is 5.83. The summed E-state index contributed by atoms with van der Waals surface area (Å²) in [5.41, 5.74) is 2.35. The Morgan fingerprint density at radius 2 is 1.91 bits per heavy atom. The van der Waals surface area contributed by atoms with E-state index in [0.29, 0.717) is 11.2 Å². The van der Waals surface area contributed by atoms with Crippen LogP contribution in [0.2, 0.25) is 0 Å². The van der Waals surface area contributed by atoms with E-state index in [-0.39, 0.29) is 0 Å². The Morgan fingerprint density at radius 1 is 1.13 bits per heavy atom. The normalized spacial score (nSPS) is 20.7. The third-order valence-electron chi connectivity index (χ3n) is 4.24. The molecule has 0 bridgehead atoms. The van der Waals surface area contributed by atoms with Crippen molar-refractivity contribution in [2.24, 2.45) is 0 Å². The Morgan fingerprint density at radius 3 is 2.61 bits per heavy atom. The maximum atomic E-state index is 5.39. The van der Waals surface area contributed by atoms with Crippen molar-refractivity contribution in [2.75, 3.05) is 18.4 Å². The SMILES string of the molecule is S=C(Nc1cccnc1)NC1CC[NH+](Cc2ccccc2)CC1. The van der Waals surface area contributed by atoms with Crippen LogP contribution in [0.1, 0.15) is 18.4 Å². The zero-order chi connectivity index (χ0) is 15.9. The molecule has 0 saturated carbocycles. The smallest absolute Gasteiger partial charge is 0.171 e. The van der Waals surface area contributed by atoms with E-state index in [0.717, 1.165) is 25.1 Å². The van der Waals surface area contributed by atoms with E-state index in [1.165, 1.54) is 18.7 Å². The number of aromatic nitrogens is 1. The first-order valence-electron chi connectivity index (χ1n) is 8.14. The lowest BCUT2D eigenvalue weighted by atomic mass is 10.0. The van der Waals surface area contributed by atoms with Gasteiger partial charge in [-0.2, -0.15) is 0 Å². The van der Waals surface area contributed by atoms with Crippen LogP contribution < -0.4 is 15.5 Å². The number of nitrogens with zero attached hydrogens (tertiary/aromatic N) is 1. The van der Waals surface area contributed by atoms with Gasteiger partial charge in [-0.3, -0.25) is 4.98 Å². The second-order valence-electron chi connectivity index (χ2n) is 6.03. The molecule has 0 atom stereocenters. The highest BCUT2D eigenvalue weighted by atomic mass is 32.1. The standard InChI is InChI=1S/C18H22N4S/c23-18(21-17-7-4-10-19-13-17)20-16-8-11-22(12-9-16)14-15-5-2-1-3-6-15/h1-7,10,13,16H,8-9,11-12,14H2,(H2,20,21,23)/p+1. The number of pyridine rings is 1. The van der Waals surface area contributed by atoms with E-state index in [9.17, 15) is 0 Å². The van der Waals surface area contributed by atoms with Crippen LogP contribution in [0.15, 0.2) is 54.9 Å². The molecular weight excluding hydrogens is 304 g/mol. The number of piperidine rings is 1. The number of nitrogens with one attached hydrogen (secondary N) is 3. The number of thiocarbonyl (C=S) groups is 1. The van der Waals surface area contributed by atoms with Crippen LogP contribution in [0.3, 0.4) is 0 Å². The maximum Gasteiger partial charge on any atom is 0.171 e. The first-order chi connectivity index (χ1) is 11.3. The predicted octanol–water partition coefficient (Wildman–Crippen LogP) is 1.62. The average Bonchev–Trinajstić information content (AvgIpc) is 2.58. The van der Waals surface area contributed by atoms with Crippen LogP contribution in [0.25, 0.3) is 0 Å². The largest absolute Gasteiger partial charge is 0.359 e. The lowest BCUT2D eigenvalue weighted by Gasteiger charge is -2.30. The summed E-state index contributed by atoms with van der Waals surface area (Å²) in [5, 5.41) is 7.31. The first-order valence-corrected chi connectivity index (χ1v) is 8.55. The Labute approximate surface area is 142 Å². The van der Waals surface area contributed by atoms with E-state index in [1.807, 2.05) is 12.1 Å². The fraction of sp³-hybridized carbons (Fsp3) is 0.333. The second kappa shape index (κ2) is 8.04. The summed E-state index contributed by atoms with van der Waals surface area (Å²) >= 11 is 5.39. The Balaban J connectivity index is 1.41. The molecule has 3 rings (SSSR count). The number of likely N-dealkylation sites (tertiary alicyclic amines) is 1. The fourth-order valence-corrected chi connectivity index (χ4v) is 3.31. The number of benzene rings is 1. The topological polar surface area (TPSA) is 41.4 Å². The highest BCUT2D eigenvalue weighted by molar-refractivity contribution is 7.80. The van der Waals surface area contributed by atoms with Crippen LogP contribution >= 0.6 is 12.2 Å². The third kappa shape index (κ3) is 5.01. The number of hydrogen-bond donors (Lipinski definition) is 3. The molecule has 23 heavy (non-hydrogen) atoms. The Bertz CT molecular complexity index is 609. The lowest BCUT2D eigenvalue weighted by Crippen LogP contribution is -3.12. The van der Waals surface area contributed by atoms with E-state index >= 15 is 0 Å². The van der Waals surface area contributed by atoms with Gasteiger partial charge in [-0.25, -0.2) is 0 Å². The van der Waals surface area contributed by atoms with Gasteiger partial charge in [0, 0.05) is 30.6 Å². The van der Waals surface area contributed by atoms with Gasteiger partial charge < -0.3 is 15.5 Å². The summed E-state index contributed by atoms with van der Waals surface area (Å²) < 4.78 is 0. The highest BCUT2D eigenvalue weighted by Crippen LogP contribution is 2.05. The van der Waals surface area contributed by atoms with Gasteiger partial charge in [-0.15, -0.1) is 0 Å². The van der Waals surface area contributed by atoms with Gasteiger partial charge in [0.25, 0.3) is 0 Å². The molecule has 1 fully saturated rings. The second-order valence-corrected chi connectivity index (χ2v) is 6.44. The number of quaternary nitrogens is 1. The van der Waals surface area contributed by atoms with Crippen molar-refractivity contribution in [3.8, 4) is 0 Å². The van der Waals surface area contributed by atoms with Crippen molar-refractivity contribution in [3.05, 3.63) is 60.4 Å². The maximum absolute atomic E-state index is 5.39. The molecular formula is C18H23N4S+. The van der Waals surface area contributed by atoms with Crippen molar-refractivity contribution in [1.82, 2.24) is 10.3 Å². The molecule has 1 aliphatic heterocycles. The van der Waals surface area contributed by atoms with Gasteiger partial charge >= 0.3 is 0 Å². The summed E-state index contributed by atoms with van der Waals surface area (Å²) in [4.78, 5) is 5.73. The molecule has 4 nitrogen and oxygen atoms in total. The summed E-state index contributed by atoms with van der Waals surface area (Å²) in [7, 11) is 0. The zero-order valence-corrected chi connectivity index (χ0v) is 14.0. The van der Waals surface area contributed by atoms with Crippen molar-refractivity contribution in [1.29, 1.82) is 0 Å². The molecule has 0 amide bonds. The first kappa shape index (κ1) is 15.9. The van der Waals surface area contributed by atoms with Gasteiger partial charge in [0.2, 0.25) is 0 Å². The van der Waals surface area contributed by atoms with Crippen LogP contribution in [0.5, 0.6) is 0 Å². The minimum Gasteiger partial charge on any atom is -0.359 e. The molecule has 2 heterocycles. The van der Waals surface area contributed by atoms with Crippen LogP contribution in [-0.2, 0) is 6.54 Å². The van der Waals surface area contributed by atoms with Gasteiger partial charge in [0.15, 0.2) is 5.11 Å². The molecule has 3 N–H and O–H groups in total. The number of rotatable bonds is 4. The molecule has 2 aromatic rings. The predicted molar refractivity (Wildman–Crippen MR) is 97.5 cm³/mol. The van der Waals surface area contributed by atoms with Gasteiger partial charge in [0.1, 0.15) is 6.54 Å². The molecule has 1 aromatic carbocycles. The van der Waals surface area contributed by atoms with Crippen molar-refractivity contribution >= 4 is 23.0 Å². The summed E-state index contributed by atoms with van der Waals surface area (Å²) in [6, 6.07) is 15.1. The number of hydrogen-bond acceptors (Lipinski definition) is 2. The monoisotopic (exact) mass is 327 g/mol. The van der Waals surface area contributed by atoms with E-state index in [4.69, 9.17) is 12.2 Å². The highest BCUT2D eigenvalue weighted by Gasteiger charge is 2.22. The molecule has 0 spiro atoms. The molecule has 0 unspecified atom stereocenters. The Hall–Kier alpha value is -1.98. The van der Waals surface area contributed by atoms with Gasteiger partial charge in [-0.1, -0.05) is 30.3 Å². The summed E-state index contributed by atoms with van der Waals surface area (Å²) in [6.45, 7) is 3.48. The molecule has 1 aliphatic rings. The zero-order valence-electron chi connectivity index (χ0n) is 13.2. The molecule has 0 radical (unpaired) electrons. The summed E-state index contributed by atoms with van der Waals surface area (Å²) in [5.74, 6) is 0. The fourth-order valence-electron chi connectivity index (χ4n) is 3.02. The van der Waals surface area contributed by atoms with E-state index in [1.54, 1.807) is 17.3 Å². The van der Waals surface area contributed by atoms with E-state index in [2.05, 4.69) is 45.9 Å². The van der Waals surface area contributed by atoms with Gasteiger partial charge in [-0.05, 0) is 24.4 Å². The minimum atomic E-state index is 0.464. The molecule has 0 aliphatic carbocycles. The van der Waals surface area contributed by atoms with Crippen molar-refractivity contribution < 1.29 is 4.90 Å². The third-order valence-corrected chi connectivity index (χ3v) is 4.46. The minimum absolute atomic E-state index is 0.464. The van der Waals surface area contributed by atoms with Crippen molar-refractivity contribution in [3.63, 3.8) is 0 Å². The van der Waals surface area contributed by atoms with Crippen LogP contribution in [0.4, 0.5) is 5.69 Å². The van der Waals surface area contributed by atoms with Crippen molar-refractivity contribution in [2.45, 2.75) is 25.4 Å². The molecule has 5 heteroatoms.